The molecule has 0 saturated carbocycles. The van der Waals surface area contributed by atoms with Gasteiger partial charge in [-0.05, 0) is 48.9 Å². The standard InChI is InChI=1S/C18H18F4N2O3S/c1-12(24(28(2,26)27)16-8-6-15(19)7-9-16)17(25)23-11-13-4-3-5-14(10-13)18(20,21)22/h3-10,12H,11H2,1-2H3,(H,23,25). The molecule has 1 unspecified atom stereocenters. The molecule has 10 heteroatoms. The van der Waals surface area contributed by atoms with E-state index in [4.69, 9.17) is 0 Å². The van der Waals surface area contributed by atoms with Crippen LogP contribution in [0.4, 0.5) is 23.2 Å². The van der Waals surface area contributed by atoms with Crippen LogP contribution < -0.4 is 9.62 Å². The molecule has 0 bridgehead atoms. The lowest BCUT2D eigenvalue weighted by Gasteiger charge is -2.28. The van der Waals surface area contributed by atoms with E-state index in [0.717, 1.165) is 34.8 Å². The Bertz CT molecular complexity index is 944. The fourth-order valence-electron chi connectivity index (χ4n) is 2.59. The zero-order valence-corrected chi connectivity index (χ0v) is 15.8. The number of carbonyl (C=O) groups excluding carboxylic acids is 1. The summed E-state index contributed by atoms with van der Waals surface area (Å²) in [6, 6.07) is 7.78. The van der Waals surface area contributed by atoms with E-state index in [9.17, 15) is 30.8 Å². The molecule has 0 spiro atoms. The summed E-state index contributed by atoms with van der Waals surface area (Å²) in [4.78, 5) is 12.4. The van der Waals surface area contributed by atoms with Gasteiger partial charge in [0.25, 0.3) is 0 Å². The Balaban J connectivity index is 2.17. The number of nitrogens with zero attached hydrogens (tertiary/aromatic N) is 1. The van der Waals surface area contributed by atoms with Gasteiger partial charge in [-0.1, -0.05) is 12.1 Å². The van der Waals surface area contributed by atoms with Gasteiger partial charge in [-0.15, -0.1) is 0 Å². The average Bonchev–Trinajstić information content (AvgIpc) is 2.60. The molecule has 2 aromatic rings. The SMILES string of the molecule is CC(C(=O)NCc1cccc(C(F)(F)F)c1)N(c1ccc(F)cc1)S(C)(=O)=O. The van der Waals surface area contributed by atoms with Gasteiger partial charge in [0.2, 0.25) is 15.9 Å². The van der Waals surface area contributed by atoms with E-state index < -0.39 is 39.5 Å². The first-order valence-corrected chi connectivity index (χ1v) is 9.93. The lowest BCUT2D eigenvalue weighted by atomic mass is 10.1. The number of halogens is 4. The van der Waals surface area contributed by atoms with Crippen LogP contribution in [0.2, 0.25) is 0 Å². The van der Waals surface area contributed by atoms with Gasteiger partial charge in [-0.3, -0.25) is 9.10 Å². The monoisotopic (exact) mass is 418 g/mol. The summed E-state index contributed by atoms with van der Waals surface area (Å²) in [5.41, 5.74) is -0.551. The third-order valence-corrected chi connectivity index (χ3v) is 5.13. The molecular weight excluding hydrogens is 400 g/mol. The van der Waals surface area contributed by atoms with Gasteiger partial charge in [0, 0.05) is 6.54 Å². The molecule has 0 saturated heterocycles. The number of amides is 1. The molecule has 152 valence electrons. The zero-order valence-electron chi connectivity index (χ0n) is 15.0. The van der Waals surface area contributed by atoms with Crippen molar-refractivity contribution in [3.63, 3.8) is 0 Å². The molecule has 1 amide bonds. The summed E-state index contributed by atoms with van der Waals surface area (Å²) >= 11 is 0. The van der Waals surface area contributed by atoms with Crippen LogP contribution in [0.15, 0.2) is 48.5 Å². The largest absolute Gasteiger partial charge is 0.416 e. The number of carbonyl (C=O) groups is 1. The first-order chi connectivity index (χ1) is 12.9. The van der Waals surface area contributed by atoms with E-state index >= 15 is 0 Å². The number of nitrogens with one attached hydrogen (secondary N) is 1. The molecule has 2 rings (SSSR count). The van der Waals surface area contributed by atoms with Crippen molar-refractivity contribution in [2.45, 2.75) is 25.7 Å². The Kier molecular flexibility index (Phi) is 6.33. The average molecular weight is 418 g/mol. The van der Waals surface area contributed by atoms with Crippen LogP contribution in [-0.4, -0.2) is 26.6 Å². The third kappa shape index (κ3) is 5.44. The van der Waals surface area contributed by atoms with Crippen molar-refractivity contribution in [1.29, 1.82) is 0 Å². The van der Waals surface area contributed by atoms with Crippen LogP contribution in [0.3, 0.4) is 0 Å². The summed E-state index contributed by atoms with van der Waals surface area (Å²) < 4.78 is 76.4. The summed E-state index contributed by atoms with van der Waals surface area (Å²) in [7, 11) is -3.88. The molecule has 28 heavy (non-hydrogen) atoms. The Morgan fingerprint density at radius 1 is 1.14 bits per heavy atom. The van der Waals surface area contributed by atoms with Crippen molar-refractivity contribution in [3.05, 3.63) is 65.5 Å². The van der Waals surface area contributed by atoms with Gasteiger partial charge in [0.15, 0.2) is 0 Å². The predicted molar refractivity (Wildman–Crippen MR) is 96.5 cm³/mol. The van der Waals surface area contributed by atoms with E-state index in [1.165, 1.54) is 31.2 Å². The van der Waals surface area contributed by atoms with Crippen molar-refractivity contribution in [2.75, 3.05) is 10.6 Å². The van der Waals surface area contributed by atoms with Crippen LogP contribution in [-0.2, 0) is 27.5 Å². The minimum absolute atomic E-state index is 0.0885. The maximum Gasteiger partial charge on any atom is 0.416 e. The first-order valence-electron chi connectivity index (χ1n) is 8.08. The van der Waals surface area contributed by atoms with Gasteiger partial charge in [0.05, 0.1) is 17.5 Å². The number of benzene rings is 2. The van der Waals surface area contributed by atoms with Crippen molar-refractivity contribution >= 4 is 21.6 Å². The normalized spacial score (nSPS) is 13.1. The number of alkyl halides is 3. The van der Waals surface area contributed by atoms with Crippen LogP contribution in [0.25, 0.3) is 0 Å². The van der Waals surface area contributed by atoms with E-state index in [-0.39, 0.29) is 17.8 Å². The maximum atomic E-state index is 13.1. The molecule has 0 aromatic heterocycles. The third-order valence-electron chi connectivity index (χ3n) is 3.89. The fraction of sp³-hybridized carbons (Fsp3) is 0.278. The van der Waals surface area contributed by atoms with Gasteiger partial charge < -0.3 is 5.32 Å². The quantitative estimate of drug-likeness (QED) is 0.732. The van der Waals surface area contributed by atoms with E-state index in [1.807, 2.05) is 0 Å². The smallest absolute Gasteiger partial charge is 0.350 e. The molecular formula is C18H18F4N2O3S. The Labute approximate surface area is 160 Å². The molecule has 0 aliphatic carbocycles. The van der Waals surface area contributed by atoms with Crippen molar-refractivity contribution < 1.29 is 30.8 Å². The van der Waals surface area contributed by atoms with Crippen LogP contribution >= 0.6 is 0 Å². The molecule has 0 aliphatic heterocycles. The molecule has 0 radical (unpaired) electrons. The molecule has 2 aromatic carbocycles. The number of rotatable bonds is 6. The van der Waals surface area contributed by atoms with E-state index in [0.29, 0.717) is 0 Å². The molecule has 0 aliphatic rings. The fourth-order valence-corrected chi connectivity index (χ4v) is 3.77. The number of hydrogen-bond acceptors (Lipinski definition) is 3. The van der Waals surface area contributed by atoms with Crippen LogP contribution in [0, 0.1) is 5.82 Å². The highest BCUT2D eigenvalue weighted by Crippen LogP contribution is 2.29. The maximum absolute atomic E-state index is 13.1. The number of anilines is 1. The van der Waals surface area contributed by atoms with E-state index in [2.05, 4.69) is 5.32 Å². The van der Waals surface area contributed by atoms with Gasteiger partial charge in [0.1, 0.15) is 11.9 Å². The second-order valence-electron chi connectivity index (χ2n) is 6.13. The predicted octanol–water partition coefficient (Wildman–Crippen LogP) is 3.32. The van der Waals surface area contributed by atoms with Crippen LogP contribution in [0.5, 0.6) is 0 Å². The highest BCUT2D eigenvalue weighted by Gasteiger charge is 2.31. The lowest BCUT2D eigenvalue weighted by Crippen LogP contribution is -2.47. The van der Waals surface area contributed by atoms with Gasteiger partial charge >= 0.3 is 6.18 Å². The summed E-state index contributed by atoms with van der Waals surface area (Å²) in [6.45, 7) is 1.11. The number of hydrogen-bond donors (Lipinski definition) is 1. The van der Waals surface area contributed by atoms with Gasteiger partial charge in [-0.2, -0.15) is 13.2 Å². The second-order valence-corrected chi connectivity index (χ2v) is 7.99. The summed E-state index contributed by atoms with van der Waals surface area (Å²) in [5, 5.41) is 2.42. The highest BCUT2D eigenvalue weighted by atomic mass is 32.2. The molecule has 0 heterocycles. The molecule has 5 nitrogen and oxygen atoms in total. The Morgan fingerprint density at radius 3 is 2.29 bits per heavy atom. The number of sulfonamides is 1. The Morgan fingerprint density at radius 2 is 1.75 bits per heavy atom. The highest BCUT2D eigenvalue weighted by molar-refractivity contribution is 7.92. The topological polar surface area (TPSA) is 66.5 Å². The van der Waals surface area contributed by atoms with Crippen molar-refractivity contribution in [2.24, 2.45) is 0 Å². The van der Waals surface area contributed by atoms with E-state index in [1.54, 1.807) is 0 Å². The minimum atomic E-state index is -4.51. The molecule has 1 atom stereocenters. The van der Waals surface area contributed by atoms with Crippen molar-refractivity contribution in [3.8, 4) is 0 Å². The zero-order chi connectivity index (χ0) is 21.1. The second kappa shape index (κ2) is 8.17. The minimum Gasteiger partial charge on any atom is -0.350 e. The van der Waals surface area contributed by atoms with Gasteiger partial charge in [-0.25, -0.2) is 12.8 Å². The molecule has 0 fully saturated rings. The lowest BCUT2D eigenvalue weighted by molar-refractivity contribution is -0.137. The first kappa shape index (κ1) is 21.7. The molecule has 1 N–H and O–H groups in total. The summed E-state index contributed by atoms with van der Waals surface area (Å²) in [6.07, 6.45) is -3.62. The summed E-state index contributed by atoms with van der Waals surface area (Å²) in [5.74, 6) is -1.29. The Hall–Kier alpha value is -2.62. The van der Waals surface area contributed by atoms with Crippen molar-refractivity contribution in [1.82, 2.24) is 5.32 Å². The van der Waals surface area contributed by atoms with Crippen LogP contribution in [0.1, 0.15) is 18.1 Å².